The van der Waals surface area contributed by atoms with E-state index < -0.39 is 0 Å². The molecule has 1 N–H and O–H groups in total. The first-order valence-electron chi connectivity index (χ1n) is 4.93. The molecule has 1 atom stereocenters. The summed E-state index contributed by atoms with van der Waals surface area (Å²) in [6, 6.07) is 0. The molecule has 0 saturated heterocycles. The highest BCUT2D eigenvalue weighted by molar-refractivity contribution is 5.85. The molecule has 2 heteroatoms. The third-order valence-electron chi connectivity index (χ3n) is 1.69. The van der Waals surface area contributed by atoms with E-state index >= 15 is 0 Å². The lowest BCUT2D eigenvalue weighted by Crippen LogP contribution is -2.02. The lowest BCUT2D eigenvalue weighted by Gasteiger charge is -2.03. The van der Waals surface area contributed by atoms with Crippen molar-refractivity contribution in [3.63, 3.8) is 0 Å². The van der Waals surface area contributed by atoms with Gasteiger partial charge in [0.05, 0.1) is 6.10 Å². The zero-order valence-corrected chi connectivity index (χ0v) is 9.83. The molecule has 0 rings (SSSR count). The number of hydrogen-bond acceptors (Lipinski definition) is 1. The van der Waals surface area contributed by atoms with Gasteiger partial charge in [-0.2, -0.15) is 0 Å². The smallest absolute Gasteiger partial charge is 0.0574 e. The average Bonchev–Trinajstić information content (AvgIpc) is 2.11. The summed E-state index contributed by atoms with van der Waals surface area (Å²) in [4.78, 5) is 0. The molecule has 14 heavy (non-hydrogen) atoms. The van der Waals surface area contributed by atoms with Crippen molar-refractivity contribution >= 4 is 12.4 Å². The molecule has 0 aliphatic carbocycles. The Bertz CT molecular complexity index is 183. The summed E-state index contributed by atoms with van der Waals surface area (Å²) in [6.07, 6.45) is 14.4. The molecule has 0 aliphatic heterocycles. The molecule has 0 heterocycles. The maximum atomic E-state index is 9.36. The summed E-state index contributed by atoms with van der Waals surface area (Å²) in [5, 5.41) is 9.36. The van der Waals surface area contributed by atoms with Crippen LogP contribution in [0.25, 0.3) is 0 Å². The SMILES string of the molecule is CC=CC=CC=CCC(O)CCC.Cl. The van der Waals surface area contributed by atoms with Crippen molar-refractivity contribution in [2.24, 2.45) is 0 Å². The van der Waals surface area contributed by atoms with E-state index in [9.17, 15) is 5.11 Å². The molecule has 0 aliphatic rings. The van der Waals surface area contributed by atoms with Crippen LogP contribution in [0.1, 0.15) is 33.1 Å². The van der Waals surface area contributed by atoms with Crippen molar-refractivity contribution in [1.29, 1.82) is 0 Å². The maximum absolute atomic E-state index is 9.36. The number of allylic oxidation sites excluding steroid dienone is 5. The highest BCUT2D eigenvalue weighted by atomic mass is 35.5. The molecule has 0 aromatic carbocycles. The van der Waals surface area contributed by atoms with Crippen LogP contribution in [0.2, 0.25) is 0 Å². The van der Waals surface area contributed by atoms with E-state index in [1.165, 1.54) is 0 Å². The van der Waals surface area contributed by atoms with Crippen LogP contribution in [0.4, 0.5) is 0 Å². The Balaban J connectivity index is 0. The van der Waals surface area contributed by atoms with Gasteiger partial charge in [0, 0.05) is 0 Å². The molecule has 82 valence electrons. The van der Waals surface area contributed by atoms with E-state index in [-0.39, 0.29) is 18.5 Å². The lowest BCUT2D eigenvalue weighted by molar-refractivity contribution is 0.167. The third-order valence-corrected chi connectivity index (χ3v) is 1.69. The number of rotatable bonds is 6. The fourth-order valence-electron chi connectivity index (χ4n) is 1.00. The summed E-state index contributed by atoms with van der Waals surface area (Å²) in [5.41, 5.74) is 0. The van der Waals surface area contributed by atoms with E-state index in [0.717, 1.165) is 19.3 Å². The largest absolute Gasteiger partial charge is 0.393 e. The first-order chi connectivity index (χ1) is 6.31. The first kappa shape index (κ1) is 15.9. The van der Waals surface area contributed by atoms with Gasteiger partial charge in [0.2, 0.25) is 0 Å². The topological polar surface area (TPSA) is 20.2 Å². The summed E-state index contributed by atoms with van der Waals surface area (Å²) in [7, 11) is 0. The summed E-state index contributed by atoms with van der Waals surface area (Å²) < 4.78 is 0. The van der Waals surface area contributed by atoms with E-state index in [1.54, 1.807) is 0 Å². The molecule has 0 spiro atoms. The molecule has 0 fully saturated rings. The predicted octanol–water partition coefficient (Wildman–Crippen LogP) is 3.65. The second-order valence-corrected chi connectivity index (χ2v) is 3.02. The molecular weight excluding hydrogens is 196 g/mol. The van der Waals surface area contributed by atoms with Crippen LogP contribution < -0.4 is 0 Å². The van der Waals surface area contributed by atoms with Gasteiger partial charge in [0.1, 0.15) is 0 Å². The fourth-order valence-corrected chi connectivity index (χ4v) is 1.00. The van der Waals surface area contributed by atoms with E-state index in [0.29, 0.717) is 0 Å². The standard InChI is InChI=1S/C12H20O.ClH/c1-3-5-6-7-8-9-11-12(13)10-4-2;/h3,5-9,12-13H,4,10-11H2,1-2H3;1H. The predicted molar refractivity (Wildman–Crippen MR) is 65.9 cm³/mol. The highest BCUT2D eigenvalue weighted by Gasteiger charge is 1.96. The van der Waals surface area contributed by atoms with Gasteiger partial charge in [-0.1, -0.05) is 49.8 Å². The van der Waals surface area contributed by atoms with Gasteiger partial charge in [-0.3, -0.25) is 0 Å². The summed E-state index contributed by atoms with van der Waals surface area (Å²) in [5.74, 6) is 0. The Morgan fingerprint density at radius 2 is 1.79 bits per heavy atom. The van der Waals surface area contributed by atoms with Crippen LogP contribution in [0, 0.1) is 0 Å². The number of hydrogen-bond donors (Lipinski definition) is 1. The summed E-state index contributed by atoms with van der Waals surface area (Å²) >= 11 is 0. The van der Waals surface area contributed by atoms with E-state index in [1.807, 2.05) is 43.4 Å². The highest BCUT2D eigenvalue weighted by Crippen LogP contribution is 2.01. The number of halogens is 1. The van der Waals surface area contributed by atoms with Crippen molar-refractivity contribution < 1.29 is 5.11 Å². The van der Waals surface area contributed by atoms with Crippen molar-refractivity contribution in [3.8, 4) is 0 Å². The van der Waals surface area contributed by atoms with Gasteiger partial charge in [-0.15, -0.1) is 12.4 Å². The third kappa shape index (κ3) is 11.5. The monoisotopic (exact) mass is 216 g/mol. The Morgan fingerprint density at radius 3 is 2.36 bits per heavy atom. The van der Waals surface area contributed by atoms with Crippen molar-refractivity contribution in [1.82, 2.24) is 0 Å². The first-order valence-corrected chi connectivity index (χ1v) is 4.93. The fraction of sp³-hybridized carbons (Fsp3) is 0.500. The van der Waals surface area contributed by atoms with Crippen LogP contribution >= 0.6 is 12.4 Å². The molecule has 0 amide bonds. The molecular formula is C12H21ClO. The Labute approximate surface area is 93.6 Å². The Hall–Kier alpha value is -0.530. The lowest BCUT2D eigenvalue weighted by atomic mass is 10.1. The maximum Gasteiger partial charge on any atom is 0.0574 e. The van der Waals surface area contributed by atoms with Crippen molar-refractivity contribution in [2.45, 2.75) is 39.2 Å². The molecule has 1 unspecified atom stereocenters. The number of aliphatic hydroxyl groups excluding tert-OH is 1. The molecule has 0 bridgehead atoms. The molecule has 0 radical (unpaired) electrons. The minimum absolute atomic E-state index is 0. The van der Waals surface area contributed by atoms with Crippen LogP contribution in [0.15, 0.2) is 36.5 Å². The van der Waals surface area contributed by atoms with Crippen molar-refractivity contribution in [2.75, 3.05) is 0 Å². The van der Waals surface area contributed by atoms with Gasteiger partial charge in [0.15, 0.2) is 0 Å². The van der Waals surface area contributed by atoms with Crippen LogP contribution in [0.5, 0.6) is 0 Å². The minimum Gasteiger partial charge on any atom is -0.393 e. The van der Waals surface area contributed by atoms with E-state index in [2.05, 4.69) is 6.92 Å². The Morgan fingerprint density at radius 1 is 1.14 bits per heavy atom. The molecule has 0 aromatic heterocycles. The average molecular weight is 217 g/mol. The van der Waals surface area contributed by atoms with Crippen LogP contribution in [-0.2, 0) is 0 Å². The molecule has 0 aromatic rings. The van der Waals surface area contributed by atoms with Crippen LogP contribution in [-0.4, -0.2) is 11.2 Å². The number of aliphatic hydroxyl groups is 1. The van der Waals surface area contributed by atoms with Crippen molar-refractivity contribution in [3.05, 3.63) is 36.5 Å². The zero-order valence-electron chi connectivity index (χ0n) is 9.02. The van der Waals surface area contributed by atoms with Gasteiger partial charge in [0.25, 0.3) is 0 Å². The molecule has 0 saturated carbocycles. The normalized spacial score (nSPS) is 13.9. The zero-order chi connectivity index (χ0) is 9.94. The van der Waals surface area contributed by atoms with Crippen LogP contribution in [0.3, 0.4) is 0 Å². The minimum atomic E-state index is -0.170. The summed E-state index contributed by atoms with van der Waals surface area (Å²) in [6.45, 7) is 4.07. The van der Waals surface area contributed by atoms with E-state index in [4.69, 9.17) is 0 Å². The molecule has 1 nitrogen and oxygen atoms in total. The second-order valence-electron chi connectivity index (χ2n) is 3.02. The van der Waals surface area contributed by atoms with Gasteiger partial charge in [-0.25, -0.2) is 0 Å². The Kier molecular flexibility index (Phi) is 14.2. The second kappa shape index (κ2) is 12.5. The quantitative estimate of drug-likeness (QED) is 0.672. The van der Waals surface area contributed by atoms with Gasteiger partial charge >= 0.3 is 0 Å². The van der Waals surface area contributed by atoms with Gasteiger partial charge in [-0.05, 0) is 19.8 Å². The van der Waals surface area contributed by atoms with Gasteiger partial charge < -0.3 is 5.11 Å².